The molecule has 2 nitrogen and oxygen atoms in total. The second-order valence-electron chi connectivity index (χ2n) is 6.61. The fourth-order valence-electron chi connectivity index (χ4n) is 3.11. The monoisotopic (exact) mass is 398 g/mol. The van der Waals surface area contributed by atoms with Crippen molar-refractivity contribution in [1.82, 2.24) is 0 Å². The van der Waals surface area contributed by atoms with Gasteiger partial charge in [0, 0.05) is 21.5 Å². The Morgan fingerprint density at radius 2 is 1.00 bits per heavy atom. The topological polar surface area (TPSA) is 34.1 Å². The first-order valence-electron chi connectivity index (χ1n) is 9.44. The van der Waals surface area contributed by atoms with Crippen molar-refractivity contribution < 1.29 is 9.36 Å². The number of carbonyl (C=O) groups is 1. The highest BCUT2D eigenvalue weighted by atomic mass is 31.2. The van der Waals surface area contributed by atoms with Crippen LogP contribution in [0.1, 0.15) is 15.9 Å². The Morgan fingerprint density at radius 1 is 0.586 bits per heavy atom. The van der Waals surface area contributed by atoms with E-state index in [4.69, 9.17) is 0 Å². The minimum absolute atomic E-state index is 0.471. The van der Waals surface area contributed by atoms with Gasteiger partial charge in [-0.2, -0.15) is 0 Å². The van der Waals surface area contributed by atoms with E-state index in [9.17, 15) is 9.36 Å². The lowest BCUT2D eigenvalue weighted by Gasteiger charge is -2.21. The zero-order valence-electron chi connectivity index (χ0n) is 16.3. The van der Waals surface area contributed by atoms with Gasteiger partial charge in [-0.25, -0.2) is 0 Å². The Morgan fingerprint density at radius 3 is 1.41 bits per heavy atom. The summed E-state index contributed by atoms with van der Waals surface area (Å²) in [6, 6.07) is 36.0. The third-order valence-electron chi connectivity index (χ3n) is 4.58. The molecule has 4 aromatic rings. The highest BCUT2D eigenvalue weighted by molar-refractivity contribution is 7.85. The Labute approximate surface area is 172 Å². The van der Waals surface area contributed by atoms with Crippen molar-refractivity contribution in [2.24, 2.45) is 0 Å². The molecule has 0 spiro atoms. The van der Waals surface area contributed by atoms with Crippen molar-refractivity contribution in [3.63, 3.8) is 0 Å². The number of hydrogen-bond donors (Lipinski definition) is 0. The third kappa shape index (κ3) is 4.80. The summed E-state index contributed by atoms with van der Waals surface area (Å²) in [6.45, 7) is 2.08. The molecule has 0 unspecified atom stereocenters. The zero-order chi connectivity index (χ0) is 20.5. The van der Waals surface area contributed by atoms with Crippen LogP contribution in [-0.2, 0) is 4.57 Å². The maximum atomic E-state index is 14.0. The second kappa shape index (κ2) is 9.82. The normalized spacial score (nSPS) is 10.5. The van der Waals surface area contributed by atoms with E-state index in [2.05, 4.69) is 19.1 Å². The van der Waals surface area contributed by atoms with Crippen LogP contribution in [0.4, 0.5) is 0 Å². The molecule has 4 rings (SSSR count). The van der Waals surface area contributed by atoms with Crippen LogP contribution in [0.3, 0.4) is 0 Å². The molecule has 144 valence electrons. The molecule has 0 atom stereocenters. The molecule has 0 heterocycles. The van der Waals surface area contributed by atoms with Gasteiger partial charge in [0.1, 0.15) is 0 Å². The number of rotatable bonds is 4. The Kier molecular flexibility index (Phi) is 6.94. The molecule has 3 heteroatoms. The molecular weight excluding hydrogens is 375 g/mol. The van der Waals surface area contributed by atoms with Crippen LogP contribution in [0.2, 0.25) is 0 Å². The molecule has 0 aliphatic carbocycles. The molecule has 0 aliphatic heterocycles. The van der Waals surface area contributed by atoms with Gasteiger partial charge in [-0.1, -0.05) is 121 Å². The minimum Gasteiger partial charge on any atom is -0.309 e. The van der Waals surface area contributed by atoms with Crippen LogP contribution >= 0.6 is 7.14 Å². The summed E-state index contributed by atoms with van der Waals surface area (Å²) in [5, 5.41) is 2.05. The maximum absolute atomic E-state index is 14.0. The summed E-state index contributed by atoms with van der Waals surface area (Å²) in [5.41, 5.74) is 1.79. The average molecular weight is 398 g/mol. The number of hydrogen-bond acceptors (Lipinski definition) is 2. The van der Waals surface area contributed by atoms with Gasteiger partial charge in [0.25, 0.3) is 0 Å². The van der Waals surface area contributed by atoms with E-state index in [1.807, 2.05) is 84.9 Å². The van der Waals surface area contributed by atoms with E-state index in [-0.39, 0.29) is 0 Å². The van der Waals surface area contributed by atoms with Crippen LogP contribution in [0, 0.1) is 6.92 Å². The second-order valence-corrected chi connectivity index (χ2v) is 9.34. The van der Waals surface area contributed by atoms with Crippen LogP contribution in [0.5, 0.6) is 0 Å². The van der Waals surface area contributed by atoms with Gasteiger partial charge < -0.3 is 4.57 Å². The zero-order valence-corrected chi connectivity index (χ0v) is 17.2. The molecular formula is C26H23O2P. The molecule has 0 N–H and O–H groups in total. The summed E-state index contributed by atoms with van der Waals surface area (Å²) in [7, 11) is -3.06. The largest absolute Gasteiger partial charge is 0.309 e. The molecule has 0 amide bonds. The standard InChI is InChI=1S/C19H15O2P.C7H8/c20-15-16-9-7-8-14-19(16)22(21,17-10-3-1-4-11-17)18-12-5-2-6-13-18;1-7-5-3-2-4-6-7/h1-15H;2-6H,1H3. The summed E-state index contributed by atoms with van der Waals surface area (Å²) >= 11 is 0. The smallest absolute Gasteiger partial charge is 0.171 e. The molecule has 29 heavy (non-hydrogen) atoms. The lowest BCUT2D eigenvalue weighted by Crippen LogP contribution is -2.27. The van der Waals surface area contributed by atoms with E-state index in [0.29, 0.717) is 10.9 Å². The van der Waals surface area contributed by atoms with Crippen molar-refractivity contribution in [2.75, 3.05) is 0 Å². The van der Waals surface area contributed by atoms with Gasteiger partial charge in [-0.05, 0) is 6.92 Å². The SMILES string of the molecule is Cc1ccccc1.O=Cc1ccccc1P(=O)(c1ccccc1)c1ccccc1. The summed E-state index contributed by atoms with van der Waals surface area (Å²) in [6.07, 6.45) is 0.772. The maximum Gasteiger partial charge on any atom is 0.171 e. The van der Waals surface area contributed by atoms with E-state index in [0.717, 1.165) is 16.9 Å². The molecule has 4 aromatic carbocycles. The summed E-state index contributed by atoms with van der Waals surface area (Å²) < 4.78 is 14.0. The number of aryl methyl sites for hydroxylation is 1. The molecule has 0 bridgehead atoms. The van der Waals surface area contributed by atoms with Crippen molar-refractivity contribution >= 4 is 29.3 Å². The summed E-state index contributed by atoms with van der Waals surface area (Å²) in [5.74, 6) is 0. The predicted molar refractivity (Wildman–Crippen MR) is 122 cm³/mol. The van der Waals surface area contributed by atoms with Gasteiger partial charge in [-0.15, -0.1) is 0 Å². The minimum atomic E-state index is -3.06. The van der Waals surface area contributed by atoms with E-state index in [1.54, 1.807) is 18.2 Å². The van der Waals surface area contributed by atoms with Crippen LogP contribution in [0.25, 0.3) is 0 Å². The van der Waals surface area contributed by atoms with E-state index in [1.165, 1.54) is 5.56 Å². The highest BCUT2D eigenvalue weighted by Crippen LogP contribution is 2.42. The van der Waals surface area contributed by atoms with Gasteiger partial charge >= 0.3 is 0 Å². The highest BCUT2D eigenvalue weighted by Gasteiger charge is 2.31. The fourth-order valence-corrected chi connectivity index (χ4v) is 5.94. The Balaban J connectivity index is 0.000000290. The lowest BCUT2D eigenvalue weighted by molar-refractivity contribution is 0.112. The van der Waals surface area contributed by atoms with Gasteiger partial charge in [0.05, 0.1) is 0 Å². The number of benzene rings is 4. The molecule has 0 aliphatic rings. The van der Waals surface area contributed by atoms with Crippen LogP contribution in [-0.4, -0.2) is 6.29 Å². The predicted octanol–water partition coefficient (Wildman–Crippen LogP) is 5.13. The fraction of sp³-hybridized carbons (Fsp3) is 0.0385. The van der Waals surface area contributed by atoms with Gasteiger partial charge in [0.2, 0.25) is 0 Å². The van der Waals surface area contributed by atoms with Gasteiger partial charge in [-0.3, -0.25) is 4.79 Å². The quantitative estimate of drug-likeness (QED) is 0.353. The molecule has 0 radical (unpaired) electrons. The van der Waals surface area contributed by atoms with E-state index < -0.39 is 7.14 Å². The third-order valence-corrected chi connectivity index (χ3v) is 7.72. The van der Waals surface area contributed by atoms with E-state index >= 15 is 0 Å². The first kappa shape index (κ1) is 20.5. The first-order chi connectivity index (χ1) is 14.2. The van der Waals surface area contributed by atoms with Crippen molar-refractivity contribution in [1.29, 1.82) is 0 Å². The summed E-state index contributed by atoms with van der Waals surface area (Å²) in [4.78, 5) is 11.4. The lowest BCUT2D eigenvalue weighted by atomic mass is 10.2. The first-order valence-corrected chi connectivity index (χ1v) is 11.1. The molecule has 0 aromatic heterocycles. The Hall–Kier alpha value is -3.22. The van der Waals surface area contributed by atoms with Crippen LogP contribution < -0.4 is 15.9 Å². The number of carbonyl (C=O) groups excluding carboxylic acids is 1. The Bertz CT molecular complexity index is 1050. The van der Waals surface area contributed by atoms with Gasteiger partial charge in [0.15, 0.2) is 13.4 Å². The van der Waals surface area contributed by atoms with Crippen molar-refractivity contribution in [3.05, 3.63) is 126 Å². The average Bonchev–Trinajstić information content (AvgIpc) is 2.80. The molecule has 0 saturated heterocycles. The molecule has 0 fully saturated rings. The van der Waals surface area contributed by atoms with Crippen molar-refractivity contribution in [2.45, 2.75) is 6.92 Å². The molecule has 0 saturated carbocycles. The van der Waals surface area contributed by atoms with Crippen molar-refractivity contribution in [3.8, 4) is 0 Å². The number of aldehydes is 1. The van der Waals surface area contributed by atoms with Crippen LogP contribution in [0.15, 0.2) is 115 Å².